The number of ether oxygens (including phenoxy) is 1. The van der Waals surface area contributed by atoms with Crippen LogP contribution in [-0.2, 0) is 11.8 Å². The molecule has 0 unspecified atom stereocenters. The van der Waals surface area contributed by atoms with Gasteiger partial charge in [-0.2, -0.15) is 10.1 Å². The molecule has 3 aromatic heterocycles. The van der Waals surface area contributed by atoms with E-state index in [4.69, 9.17) is 9.72 Å². The lowest BCUT2D eigenvalue weighted by Gasteiger charge is -2.45. The quantitative estimate of drug-likeness (QED) is 0.342. The summed E-state index contributed by atoms with van der Waals surface area (Å²) in [5.41, 5.74) is 2.65. The SMILES string of the molecule is C=CC(=O)N1[C@H](C)CN(c2nc(Nc3cnn(C)c3)ncc2-c2ccc(Oc3nccc(C)n3)c(F)c2)C[C@H]1C. The van der Waals surface area contributed by atoms with Gasteiger partial charge in [-0.1, -0.05) is 12.6 Å². The van der Waals surface area contributed by atoms with Crippen LogP contribution >= 0.6 is 0 Å². The Labute approximate surface area is 231 Å². The summed E-state index contributed by atoms with van der Waals surface area (Å²) in [5, 5.41) is 7.35. The average molecular weight is 544 g/mol. The molecule has 1 saturated heterocycles. The smallest absolute Gasteiger partial charge is 0.322 e. The molecule has 1 aliphatic heterocycles. The summed E-state index contributed by atoms with van der Waals surface area (Å²) < 4.78 is 22.5. The second-order valence-corrected chi connectivity index (χ2v) is 9.74. The van der Waals surface area contributed by atoms with Crippen LogP contribution in [0.4, 0.5) is 21.8 Å². The molecule has 5 rings (SSSR count). The zero-order valence-corrected chi connectivity index (χ0v) is 22.7. The van der Waals surface area contributed by atoms with E-state index >= 15 is 4.39 Å². The highest BCUT2D eigenvalue weighted by atomic mass is 19.1. The average Bonchev–Trinajstić information content (AvgIpc) is 3.33. The molecule has 1 N–H and O–H groups in total. The number of piperazine rings is 1. The van der Waals surface area contributed by atoms with Crippen molar-refractivity contribution in [1.29, 1.82) is 0 Å². The van der Waals surface area contributed by atoms with Crippen LogP contribution in [0.3, 0.4) is 0 Å². The Hall–Kier alpha value is -4.87. The molecule has 1 fully saturated rings. The summed E-state index contributed by atoms with van der Waals surface area (Å²) >= 11 is 0. The van der Waals surface area contributed by atoms with Crippen LogP contribution in [0.25, 0.3) is 11.1 Å². The first kappa shape index (κ1) is 26.7. The third-order valence-electron chi connectivity index (χ3n) is 6.59. The minimum Gasteiger partial charge on any atom is -0.421 e. The van der Waals surface area contributed by atoms with Crippen LogP contribution in [0.15, 0.2) is 61.7 Å². The number of anilines is 3. The zero-order chi connectivity index (χ0) is 28.4. The minimum atomic E-state index is -0.575. The van der Waals surface area contributed by atoms with Gasteiger partial charge in [0.2, 0.25) is 11.9 Å². The fraction of sp³-hybridized carbons (Fsp3) is 0.286. The van der Waals surface area contributed by atoms with Crippen LogP contribution in [0.5, 0.6) is 11.8 Å². The molecule has 1 aliphatic rings. The first-order chi connectivity index (χ1) is 19.2. The van der Waals surface area contributed by atoms with Gasteiger partial charge in [-0.25, -0.2) is 19.3 Å². The predicted molar refractivity (Wildman–Crippen MR) is 149 cm³/mol. The van der Waals surface area contributed by atoms with Gasteiger partial charge in [0.15, 0.2) is 11.6 Å². The molecule has 40 heavy (non-hydrogen) atoms. The second kappa shape index (κ2) is 11.1. The van der Waals surface area contributed by atoms with Gasteiger partial charge >= 0.3 is 6.01 Å². The standard InChI is InChI=1S/C28H30FN9O2/c1-6-25(39)38-18(3)14-37(15-19(38)4)26-22(13-31-27(35-26)34-21-12-32-36(5)16-21)20-7-8-24(23(29)11-20)40-28-30-10-9-17(2)33-28/h6-13,16,18-19H,1,14-15H2,2-5H3,(H,31,34,35)/t18-,19-/m1/s1. The summed E-state index contributed by atoms with van der Waals surface area (Å²) in [7, 11) is 1.82. The number of hydrogen-bond donors (Lipinski definition) is 1. The molecular weight excluding hydrogens is 513 g/mol. The van der Waals surface area contributed by atoms with E-state index in [1.165, 1.54) is 18.2 Å². The van der Waals surface area contributed by atoms with Crippen molar-refractivity contribution < 1.29 is 13.9 Å². The van der Waals surface area contributed by atoms with Gasteiger partial charge < -0.3 is 19.9 Å². The number of nitrogens with zero attached hydrogens (tertiary/aromatic N) is 8. The van der Waals surface area contributed by atoms with Gasteiger partial charge in [0.1, 0.15) is 5.82 Å². The maximum absolute atomic E-state index is 15.3. The Bertz CT molecular complexity index is 1540. The Morgan fingerprint density at radius 3 is 2.58 bits per heavy atom. The van der Waals surface area contributed by atoms with E-state index in [1.807, 2.05) is 32.0 Å². The minimum absolute atomic E-state index is 0.00507. The van der Waals surface area contributed by atoms with Crippen molar-refractivity contribution in [2.75, 3.05) is 23.3 Å². The maximum Gasteiger partial charge on any atom is 0.322 e. The molecule has 2 atom stereocenters. The topological polar surface area (TPSA) is 114 Å². The molecule has 12 heteroatoms. The highest BCUT2D eigenvalue weighted by Crippen LogP contribution is 2.35. The molecule has 1 amide bonds. The molecule has 0 aliphatic carbocycles. The number of hydrogen-bond acceptors (Lipinski definition) is 9. The van der Waals surface area contributed by atoms with Crippen LogP contribution in [0.1, 0.15) is 19.5 Å². The summed E-state index contributed by atoms with van der Waals surface area (Å²) in [6.07, 6.45) is 8.04. The first-order valence-electron chi connectivity index (χ1n) is 12.8. The number of aromatic nitrogens is 6. The van der Waals surface area contributed by atoms with Gasteiger partial charge in [0.25, 0.3) is 0 Å². The fourth-order valence-corrected chi connectivity index (χ4v) is 4.85. The second-order valence-electron chi connectivity index (χ2n) is 9.74. The van der Waals surface area contributed by atoms with Gasteiger partial charge in [0.05, 0.1) is 11.9 Å². The van der Waals surface area contributed by atoms with Crippen LogP contribution in [0, 0.1) is 12.7 Å². The Balaban J connectivity index is 1.50. The van der Waals surface area contributed by atoms with Crippen LogP contribution in [-0.4, -0.2) is 65.7 Å². The molecule has 0 bridgehead atoms. The van der Waals surface area contributed by atoms with E-state index in [1.54, 1.807) is 42.3 Å². The number of carbonyl (C=O) groups excluding carboxylic acids is 1. The summed E-state index contributed by atoms with van der Waals surface area (Å²) in [5.74, 6) is 0.297. The number of aryl methyl sites for hydroxylation is 2. The van der Waals surface area contributed by atoms with E-state index in [0.29, 0.717) is 41.7 Å². The van der Waals surface area contributed by atoms with E-state index in [2.05, 4.69) is 36.8 Å². The van der Waals surface area contributed by atoms with Crippen molar-refractivity contribution >= 4 is 23.4 Å². The lowest BCUT2D eigenvalue weighted by Crippen LogP contribution is -2.58. The fourth-order valence-electron chi connectivity index (χ4n) is 4.85. The lowest BCUT2D eigenvalue weighted by molar-refractivity contribution is -0.130. The Morgan fingerprint density at radius 1 is 1.15 bits per heavy atom. The highest BCUT2D eigenvalue weighted by molar-refractivity contribution is 5.88. The monoisotopic (exact) mass is 543 g/mol. The zero-order valence-electron chi connectivity index (χ0n) is 22.7. The summed E-state index contributed by atoms with van der Waals surface area (Å²) in [6.45, 7) is 10.5. The number of rotatable bonds is 7. The van der Waals surface area contributed by atoms with E-state index in [9.17, 15) is 4.79 Å². The van der Waals surface area contributed by atoms with Crippen molar-refractivity contribution in [3.8, 4) is 22.9 Å². The molecule has 4 heterocycles. The number of carbonyl (C=O) groups is 1. The molecular formula is C28H30FN9O2. The van der Waals surface area contributed by atoms with Crippen molar-refractivity contribution in [3.05, 3.63) is 73.2 Å². The molecule has 0 saturated carbocycles. The Kier molecular flexibility index (Phi) is 7.41. The van der Waals surface area contributed by atoms with Crippen LogP contribution < -0.4 is 15.0 Å². The van der Waals surface area contributed by atoms with Crippen molar-refractivity contribution in [1.82, 2.24) is 34.6 Å². The summed E-state index contributed by atoms with van der Waals surface area (Å²) in [4.78, 5) is 33.9. The highest BCUT2D eigenvalue weighted by Gasteiger charge is 2.33. The number of nitrogens with one attached hydrogen (secondary N) is 1. The number of benzene rings is 1. The van der Waals surface area contributed by atoms with Gasteiger partial charge in [-0.05, 0) is 50.6 Å². The number of amides is 1. The van der Waals surface area contributed by atoms with Crippen molar-refractivity contribution in [2.45, 2.75) is 32.9 Å². The molecule has 0 spiro atoms. The Morgan fingerprint density at radius 2 is 1.93 bits per heavy atom. The molecule has 206 valence electrons. The van der Waals surface area contributed by atoms with Crippen molar-refractivity contribution in [2.24, 2.45) is 7.05 Å². The first-order valence-corrected chi connectivity index (χ1v) is 12.8. The van der Waals surface area contributed by atoms with Gasteiger partial charge in [-0.3, -0.25) is 9.48 Å². The molecule has 4 aromatic rings. The van der Waals surface area contributed by atoms with Crippen molar-refractivity contribution in [3.63, 3.8) is 0 Å². The van der Waals surface area contributed by atoms with E-state index in [0.717, 1.165) is 5.69 Å². The van der Waals surface area contributed by atoms with Gasteiger partial charge in [-0.15, -0.1) is 0 Å². The van der Waals surface area contributed by atoms with E-state index < -0.39 is 5.82 Å². The molecule has 0 radical (unpaired) electrons. The van der Waals surface area contributed by atoms with E-state index in [-0.39, 0.29) is 29.8 Å². The summed E-state index contributed by atoms with van der Waals surface area (Å²) in [6, 6.07) is 6.25. The van der Waals surface area contributed by atoms with Gasteiger partial charge in [0, 0.05) is 62.1 Å². The third-order valence-corrected chi connectivity index (χ3v) is 6.59. The molecule has 1 aromatic carbocycles. The molecule has 11 nitrogen and oxygen atoms in total. The number of halogens is 1. The third kappa shape index (κ3) is 5.60. The lowest BCUT2D eigenvalue weighted by atomic mass is 10.0. The normalized spacial score (nSPS) is 17.0. The largest absolute Gasteiger partial charge is 0.421 e. The van der Waals surface area contributed by atoms with Crippen LogP contribution in [0.2, 0.25) is 0 Å². The maximum atomic E-state index is 15.3. The predicted octanol–water partition coefficient (Wildman–Crippen LogP) is 4.26.